The highest BCUT2D eigenvalue weighted by Crippen LogP contribution is 2.21. The molecule has 3 rings (SSSR count). The Balaban J connectivity index is 1.56. The van der Waals surface area contributed by atoms with Crippen LogP contribution in [-0.4, -0.2) is 55.2 Å². The van der Waals surface area contributed by atoms with E-state index < -0.39 is 0 Å². The molecule has 2 amide bonds. The maximum Gasteiger partial charge on any atom is 0.223 e. The van der Waals surface area contributed by atoms with Crippen molar-refractivity contribution in [1.29, 1.82) is 0 Å². The van der Waals surface area contributed by atoms with Gasteiger partial charge in [-0.25, -0.2) is 4.39 Å². The number of carbonyl (C=O) groups excluding carboxylic acids is 2. The summed E-state index contributed by atoms with van der Waals surface area (Å²) in [5.74, 6) is 0.00489. The van der Waals surface area contributed by atoms with Gasteiger partial charge in [0.05, 0.1) is 19.3 Å². The number of rotatable bonds is 4. The van der Waals surface area contributed by atoms with Gasteiger partial charge in [0.25, 0.3) is 0 Å². The van der Waals surface area contributed by atoms with Crippen molar-refractivity contribution < 1.29 is 23.5 Å². The van der Waals surface area contributed by atoms with Gasteiger partial charge in [0.15, 0.2) is 0 Å². The molecular weight excluding hydrogens is 339 g/mol. The van der Waals surface area contributed by atoms with Gasteiger partial charge in [0.2, 0.25) is 11.8 Å². The van der Waals surface area contributed by atoms with E-state index in [9.17, 15) is 14.0 Å². The van der Waals surface area contributed by atoms with Crippen molar-refractivity contribution in [3.63, 3.8) is 0 Å². The predicted octanol–water partition coefficient (Wildman–Crippen LogP) is 1.74. The molecule has 1 N–H and O–H groups in total. The van der Waals surface area contributed by atoms with Crippen LogP contribution in [0.3, 0.4) is 0 Å². The van der Waals surface area contributed by atoms with Gasteiger partial charge in [0.1, 0.15) is 17.7 Å². The van der Waals surface area contributed by atoms with Crippen LogP contribution in [0.4, 0.5) is 4.39 Å². The number of hydrogen-bond acceptors (Lipinski definition) is 4. The molecule has 0 aliphatic carbocycles. The number of hydrogen-bond donors (Lipinski definition) is 1. The van der Waals surface area contributed by atoms with Gasteiger partial charge < -0.3 is 19.7 Å². The van der Waals surface area contributed by atoms with Gasteiger partial charge in [-0.1, -0.05) is 6.07 Å². The van der Waals surface area contributed by atoms with Crippen LogP contribution in [0.15, 0.2) is 24.3 Å². The minimum atomic E-state index is -0.354. The number of amides is 2. The van der Waals surface area contributed by atoms with Crippen molar-refractivity contribution in [2.45, 2.75) is 38.3 Å². The molecule has 2 fully saturated rings. The van der Waals surface area contributed by atoms with E-state index in [1.807, 2.05) is 0 Å². The number of piperidine rings is 1. The Morgan fingerprint density at radius 1 is 1.27 bits per heavy atom. The summed E-state index contributed by atoms with van der Waals surface area (Å²) in [6.07, 6.45) is 1.69. The Morgan fingerprint density at radius 2 is 2.04 bits per heavy atom. The van der Waals surface area contributed by atoms with E-state index in [0.717, 1.165) is 0 Å². The quantitative estimate of drug-likeness (QED) is 0.884. The summed E-state index contributed by atoms with van der Waals surface area (Å²) in [5.41, 5.74) is 0. The van der Waals surface area contributed by atoms with Gasteiger partial charge in [-0.05, 0) is 25.0 Å². The van der Waals surface area contributed by atoms with Crippen LogP contribution in [0, 0.1) is 11.7 Å². The maximum atomic E-state index is 13.4. The molecule has 1 aromatic rings. The van der Waals surface area contributed by atoms with Crippen LogP contribution in [0.25, 0.3) is 0 Å². The lowest BCUT2D eigenvalue weighted by molar-refractivity contribution is -0.135. The molecule has 2 aliphatic heterocycles. The van der Waals surface area contributed by atoms with E-state index in [0.29, 0.717) is 51.3 Å². The summed E-state index contributed by atoms with van der Waals surface area (Å²) in [6.45, 7) is 3.69. The lowest BCUT2D eigenvalue weighted by Gasteiger charge is -2.35. The van der Waals surface area contributed by atoms with E-state index in [1.165, 1.54) is 12.1 Å². The summed E-state index contributed by atoms with van der Waals surface area (Å²) < 4.78 is 24.7. The van der Waals surface area contributed by atoms with E-state index >= 15 is 0 Å². The number of nitrogens with zero attached hydrogens (tertiary/aromatic N) is 1. The molecule has 0 aromatic heterocycles. The fraction of sp³-hybridized carbons (Fsp3) is 0.579. The number of likely N-dealkylation sites (tertiary alicyclic amines) is 1. The highest BCUT2D eigenvalue weighted by atomic mass is 19.1. The summed E-state index contributed by atoms with van der Waals surface area (Å²) in [4.78, 5) is 25.8. The standard InChI is InChI=1S/C19H25FN2O4/c1-13(23)22-8-5-14(6-9-22)19(24)21-17-12-25-10-7-18(17)26-16-4-2-3-15(20)11-16/h2-4,11,14,17-18H,5-10,12H2,1H3,(H,21,24). The maximum absolute atomic E-state index is 13.4. The number of halogens is 1. The molecule has 0 saturated carbocycles. The normalized spacial score (nSPS) is 24.2. The summed E-state index contributed by atoms with van der Waals surface area (Å²) in [6, 6.07) is 5.73. The monoisotopic (exact) mass is 364 g/mol. The fourth-order valence-corrected chi connectivity index (χ4v) is 3.47. The van der Waals surface area contributed by atoms with Crippen molar-refractivity contribution in [2.24, 2.45) is 5.92 Å². The molecule has 1 aromatic carbocycles. The molecule has 2 unspecified atom stereocenters. The van der Waals surface area contributed by atoms with Gasteiger partial charge in [-0.3, -0.25) is 9.59 Å². The first-order valence-electron chi connectivity index (χ1n) is 9.09. The Hall–Kier alpha value is -2.15. The second-order valence-corrected chi connectivity index (χ2v) is 6.87. The van der Waals surface area contributed by atoms with Gasteiger partial charge in [-0.15, -0.1) is 0 Å². The molecule has 0 bridgehead atoms. The molecule has 2 saturated heterocycles. The molecule has 0 spiro atoms. The first kappa shape index (κ1) is 18.6. The van der Waals surface area contributed by atoms with Crippen LogP contribution in [0.5, 0.6) is 5.75 Å². The molecule has 26 heavy (non-hydrogen) atoms. The Morgan fingerprint density at radius 3 is 2.73 bits per heavy atom. The van der Waals surface area contributed by atoms with Crippen LogP contribution in [0.2, 0.25) is 0 Å². The molecule has 0 radical (unpaired) electrons. The lowest BCUT2D eigenvalue weighted by Crippen LogP contribution is -2.54. The Kier molecular flexibility index (Phi) is 6.08. The third-order valence-corrected chi connectivity index (χ3v) is 5.02. The molecule has 7 heteroatoms. The smallest absolute Gasteiger partial charge is 0.223 e. The highest BCUT2D eigenvalue weighted by Gasteiger charge is 2.32. The lowest BCUT2D eigenvalue weighted by atomic mass is 9.95. The second kappa shape index (κ2) is 8.49. The molecular formula is C19H25FN2O4. The highest BCUT2D eigenvalue weighted by molar-refractivity contribution is 5.80. The Bertz CT molecular complexity index is 646. The number of carbonyl (C=O) groups is 2. The molecule has 6 nitrogen and oxygen atoms in total. The first-order chi connectivity index (χ1) is 12.5. The van der Waals surface area contributed by atoms with Gasteiger partial charge >= 0.3 is 0 Å². The van der Waals surface area contributed by atoms with E-state index in [2.05, 4.69) is 5.32 Å². The number of nitrogens with one attached hydrogen (secondary N) is 1. The zero-order chi connectivity index (χ0) is 18.5. The minimum absolute atomic E-state index is 0.0310. The van der Waals surface area contributed by atoms with Crippen molar-refractivity contribution in [3.05, 3.63) is 30.1 Å². The van der Waals surface area contributed by atoms with Crippen molar-refractivity contribution in [2.75, 3.05) is 26.3 Å². The largest absolute Gasteiger partial charge is 0.488 e. The van der Waals surface area contributed by atoms with Crippen molar-refractivity contribution >= 4 is 11.8 Å². The summed E-state index contributed by atoms with van der Waals surface area (Å²) in [7, 11) is 0. The average Bonchev–Trinajstić information content (AvgIpc) is 2.63. The van der Waals surface area contributed by atoms with Crippen LogP contribution >= 0.6 is 0 Å². The minimum Gasteiger partial charge on any atom is -0.488 e. The summed E-state index contributed by atoms with van der Waals surface area (Å²) in [5, 5.41) is 3.03. The zero-order valence-corrected chi connectivity index (χ0v) is 14.9. The summed E-state index contributed by atoms with van der Waals surface area (Å²) >= 11 is 0. The molecule has 2 aliphatic rings. The second-order valence-electron chi connectivity index (χ2n) is 6.87. The van der Waals surface area contributed by atoms with E-state index in [4.69, 9.17) is 9.47 Å². The molecule has 2 heterocycles. The van der Waals surface area contributed by atoms with Crippen LogP contribution < -0.4 is 10.1 Å². The van der Waals surface area contributed by atoms with Crippen LogP contribution in [-0.2, 0) is 14.3 Å². The zero-order valence-electron chi connectivity index (χ0n) is 14.9. The van der Waals surface area contributed by atoms with Gasteiger partial charge in [0, 0.05) is 38.4 Å². The Labute approximate surface area is 152 Å². The van der Waals surface area contributed by atoms with E-state index in [1.54, 1.807) is 24.0 Å². The molecule has 2 atom stereocenters. The van der Waals surface area contributed by atoms with Crippen molar-refractivity contribution in [1.82, 2.24) is 10.2 Å². The number of benzene rings is 1. The third-order valence-electron chi connectivity index (χ3n) is 5.02. The fourth-order valence-electron chi connectivity index (χ4n) is 3.47. The number of ether oxygens (including phenoxy) is 2. The topological polar surface area (TPSA) is 67.9 Å². The van der Waals surface area contributed by atoms with Crippen LogP contribution in [0.1, 0.15) is 26.2 Å². The predicted molar refractivity (Wildman–Crippen MR) is 93.2 cm³/mol. The third kappa shape index (κ3) is 4.72. The molecule has 142 valence electrons. The first-order valence-corrected chi connectivity index (χ1v) is 9.09. The average molecular weight is 364 g/mol. The van der Waals surface area contributed by atoms with E-state index in [-0.39, 0.29) is 35.7 Å². The van der Waals surface area contributed by atoms with Gasteiger partial charge in [-0.2, -0.15) is 0 Å². The van der Waals surface area contributed by atoms with Crippen molar-refractivity contribution in [3.8, 4) is 5.75 Å². The SMILES string of the molecule is CC(=O)N1CCC(C(=O)NC2COCCC2Oc2cccc(F)c2)CC1.